The van der Waals surface area contributed by atoms with Gasteiger partial charge in [-0.15, -0.1) is 0 Å². The Bertz CT molecular complexity index is 1010. The predicted molar refractivity (Wildman–Crippen MR) is 138 cm³/mol. The Morgan fingerprint density at radius 1 is 1.03 bits per heavy atom. The third kappa shape index (κ3) is 5.42. The Labute approximate surface area is 213 Å². The van der Waals surface area contributed by atoms with Crippen molar-refractivity contribution in [1.82, 2.24) is 14.9 Å². The Hall–Kier alpha value is -2.91. The molecule has 0 radical (unpaired) electrons. The van der Waals surface area contributed by atoms with Crippen molar-refractivity contribution >= 4 is 17.4 Å². The number of amides is 1. The van der Waals surface area contributed by atoms with Crippen molar-refractivity contribution in [2.75, 3.05) is 56.2 Å². The number of aromatic nitrogens is 2. The van der Waals surface area contributed by atoms with Gasteiger partial charge in [-0.2, -0.15) is 0 Å². The van der Waals surface area contributed by atoms with E-state index in [1.54, 1.807) is 18.2 Å². The number of carbonyl (C=O) groups excluding carboxylic acids is 1. The molecule has 3 aliphatic heterocycles. The molecule has 9 nitrogen and oxygen atoms in total. The van der Waals surface area contributed by atoms with Gasteiger partial charge in [-0.25, -0.2) is 9.97 Å². The number of rotatable bonds is 6. The van der Waals surface area contributed by atoms with Gasteiger partial charge in [0.15, 0.2) is 5.82 Å². The van der Waals surface area contributed by atoms with E-state index in [2.05, 4.69) is 57.9 Å². The van der Waals surface area contributed by atoms with Gasteiger partial charge in [0.05, 0.1) is 31.6 Å². The van der Waals surface area contributed by atoms with Gasteiger partial charge in [-0.1, -0.05) is 0 Å². The average molecular weight is 496 g/mol. The fraction of sp³-hybridized carbons (Fsp3) is 0.593. The summed E-state index contributed by atoms with van der Waals surface area (Å²) in [7, 11) is 1.55. The molecule has 5 rings (SSSR count). The molecule has 1 aromatic carbocycles. The van der Waals surface area contributed by atoms with Crippen LogP contribution in [-0.2, 0) is 9.53 Å². The number of hydrogen-bond acceptors (Lipinski definition) is 8. The van der Waals surface area contributed by atoms with Crippen LogP contribution in [-0.4, -0.2) is 85.0 Å². The predicted octanol–water partition coefficient (Wildman–Crippen LogP) is 3.14. The number of ether oxygens (including phenoxy) is 3. The van der Waals surface area contributed by atoms with Gasteiger partial charge in [0.1, 0.15) is 18.5 Å². The lowest BCUT2D eigenvalue weighted by molar-refractivity contribution is -0.141. The third-order valence-corrected chi connectivity index (χ3v) is 7.74. The normalized spacial score (nSPS) is 21.3. The summed E-state index contributed by atoms with van der Waals surface area (Å²) in [6.07, 6.45) is 7.26. The summed E-state index contributed by atoms with van der Waals surface area (Å²) >= 11 is 0. The van der Waals surface area contributed by atoms with Gasteiger partial charge < -0.3 is 24.0 Å². The standard InChI is InChI=1S/C27H37N5O4/c1-20(2)30-12-8-23(9-13-30)36-22-6-4-21(5-7-22)31-14-10-27(11-15-31)19-32(26(33)18-35-27)24-16-29-25(34-3)17-28-24/h4-7,16-17,20,23H,8-15,18-19H2,1-3H3. The molecule has 4 heterocycles. The number of hydrogen-bond donors (Lipinski definition) is 0. The van der Waals surface area contributed by atoms with Crippen LogP contribution in [0.5, 0.6) is 11.6 Å². The molecule has 0 bridgehead atoms. The van der Waals surface area contributed by atoms with E-state index in [9.17, 15) is 4.79 Å². The summed E-state index contributed by atoms with van der Waals surface area (Å²) in [5.41, 5.74) is 0.830. The van der Waals surface area contributed by atoms with E-state index in [1.807, 2.05) is 0 Å². The molecule has 0 aliphatic carbocycles. The highest BCUT2D eigenvalue weighted by Crippen LogP contribution is 2.34. The SMILES string of the molecule is COc1cnc(N2CC3(CCN(c4ccc(OC5CCN(C(C)C)CC5)cc4)CC3)OCC2=O)cn1. The summed E-state index contributed by atoms with van der Waals surface area (Å²) in [5.74, 6) is 1.82. The van der Waals surface area contributed by atoms with Crippen molar-refractivity contribution in [3.63, 3.8) is 0 Å². The van der Waals surface area contributed by atoms with E-state index in [-0.39, 0.29) is 18.1 Å². The lowest BCUT2D eigenvalue weighted by Gasteiger charge is -2.47. The molecule has 9 heteroatoms. The first-order valence-corrected chi connectivity index (χ1v) is 13.0. The number of methoxy groups -OCH3 is 1. The number of morpholine rings is 1. The van der Waals surface area contributed by atoms with Crippen molar-refractivity contribution in [1.29, 1.82) is 0 Å². The lowest BCUT2D eigenvalue weighted by atomic mass is 9.89. The van der Waals surface area contributed by atoms with Gasteiger partial charge in [0, 0.05) is 37.9 Å². The zero-order valence-electron chi connectivity index (χ0n) is 21.6. The summed E-state index contributed by atoms with van der Waals surface area (Å²) in [6.45, 7) is 9.01. The Kier molecular flexibility index (Phi) is 7.29. The van der Waals surface area contributed by atoms with E-state index in [4.69, 9.17) is 14.2 Å². The van der Waals surface area contributed by atoms with Crippen LogP contribution in [0.15, 0.2) is 36.7 Å². The van der Waals surface area contributed by atoms with Gasteiger partial charge in [0.2, 0.25) is 5.88 Å². The highest BCUT2D eigenvalue weighted by Gasteiger charge is 2.43. The molecule has 0 saturated carbocycles. The number of carbonyl (C=O) groups is 1. The Morgan fingerprint density at radius 3 is 2.36 bits per heavy atom. The summed E-state index contributed by atoms with van der Waals surface area (Å²) in [4.78, 5) is 27.7. The van der Waals surface area contributed by atoms with E-state index in [1.165, 1.54) is 11.9 Å². The largest absolute Gasteiger partial charge is 0.490 e. The van der Waals surface area contributed by atoms with Crippen LogP contribution in [0.25, 0.3) is 0 Å². The van der Waals surface area contributed by atoms with Crippen molar-refractivity contribution in [2.45, 2.75) is 57.3 Å². The summed E-state index contributed by atoms with van der Waals surface area (Å²) in [5, 5.41) is 0. The van der Waals surface area contributed by atoms with Crippen molar-refractivity contribution in [3.05, 3.63) is 36.7 Å². The number of anilines is 2. The molecule has 0 N–H and O–H groups in total. The molecular weight excluding hydrogens is 458 g/mol. The van der Waals surface area contributed by atoms with Crippen LogP contribution in [0.1, 0.15) is 39.5 Å². The maximum absolute atomic E-state index is 12.6. The first-order chi connectivity index (χ1) is 17.4. The van der Waals surface area contributed by atoms with Crippen LogP contribution in [0.3, 0.4) is 0 Å². The molecule has 2 aromatic rings. The van der Waals surface area contributed by atoms with E-state index >= 15 is 0 Å². The summed E-state index contributed by atoms with van der Waals surface area (Å²) in [6, 6.07) is 9.10. The first-order valence-electron chi connectivity index (χ1n) is 13.0. The quantitative estimate of drug-likeness (QED) is 0.605. The topological polar surface area (TPSA) is 80.3 Å². The lowest BCUT2D eigenvalue weighted by Crippen LogP contribution is -2.59. The zero-order valence-corrected chi connectivity index (χ0v) is 21.6. The number of nitrogens with zero attached hydrogens (tertiary/aromatic N) is 5. The van der Waals surface area contributed by atoms with Gasteiger partial charge >= 0.3 is 0 Å². The van der Waals surface area contributed by atoms with Crippen LogP contribution < -0.4 is 19.3 Å². The molecule has 3 saturated heterocycles. The summed E-state index contributed by atoms with van der Waals surface area (Å²) < 4.78 is 17.5. The molecule has 1 amide bonds. The van der Waals surface area contributed by atoms with E-state index in [0.717, 1.165) is 57.6 Å². The van der Waals surface area contributed by atoms with Crippen LogP contribution in [0, 0.1) is 0 Å². The third-order valence-electron chi connectivity index (χ3n) is 7.74. The maximum atomic E-state index is 12.6. The minimum atomic E-state index is -0.361. The second kappa shape index (κ2) is 10.6. The van der Waals surface area contributed by atoms with Crippen molar-refractivity contribution in [2.24, 2.45) is 0 Å². The fourth-order valence-electron chi connectivity index (χ4n) is 5.39. The molecule has 1 spiro atoms. The van der Waals surface area contributed by atoms with Crippen LogP contribution >= 0.6 is 0 Å². The van der Waals surface area contributed by atoms with Crippen molar-refractivity contribution in [3.8, 4) is 11.6 Å². The van der Waals surface area contributed by atoms with E-state index in [0.29, 0.717) is 30.4 Å². The van der Waals surface area contributed by atoms with Gasteiger partial charge in [0.25, 0.3) is 5.91 Å². The Morgan fingerprint density at radius 2 is 1.75 bits per heavy atom. The van der Waals surface area contributed by atoms with Gasteiger partial charge in [-0.05, 0) is 63.8 Å². The minimum Gasteiger partial charge on any atom is -0.490 e. The fourth-order valence-corrected chi connectivity index (χ4v) is 5.39. The number of benzene rings is 1. The average Bonchev–Trinajstić information content (AvgIpc) is 2.92. The molecule has 0 unspecified atom stereocenters. The molecule has 1 aromatic heterocycles. The first kappa shape index (κ1) is 24.8. The minimum absolute atomic E-state index is 0.0653. The molecule has 0 atom stereocenters. The van der Waals surface area contributed by atoms with Crippen LogP contribution in [0.2, 0.25) is 0 Å². The monoisotopic (exact) mass is 495 g/mol. The second-order valence-corrected chi connectivity index (χ2v) is 10.3. The smallest absolute Gasteiger partial charge is 0.254 e. The highest BCUT2D eigenvalue weighted by atomic mass is 16.5. The van der Waals surface area contributed by atoms with Gasteiger partial charge in [-0.3, -0.25) is 9.69 Å². The highest BCUT2D eigenvalue weighted by molar-refractivity contribution is 5.94. The number of piperidine rings is 2. The maximum Gasteiger partial charge on any atom is 0.254 e. The van der Waals surface area contributed by atoms with Crippen LogP contribution in [0.4, 0.5) is 11.5 Å². The molecular formula is C27H37N5O4. The second-order valence-electron chi connectivity index (χ2n) is 10.3. The zero-order chi connectivity index (χ0) is 25.1. The molecule has 3 fully saturated rings. The molecule has 36 heavy (non-hydrogen) atoms. The molecule has 3 aliphatic rings. The van der Waals surface area contributed by atoms with Crippen molar-refractivity contribution < 1.29 is 19.0 Å². The Balaban J connectivity index is 1.15. The number of likely N-dealkylation sites (tertiary alicyclic amines) is 1. The molecule has 194 valence electrons. The van der Waals surface area contributed by atoms with E-state index < -0.39 is 0 Å².